The van der Waals surface area contributed by atoms with Gasteiger partial charge < -0.3 is 15.4 Å². The Morgan fingerprint density at radius 2 is 1.68 bits per heavy atom. The first-order valence-corrected chi connectivity index (χ1v) is 9.10. The van der Waals surface area contributed by atoms with Crippen LogP contribution < -0.4 is 15.4 Å². The number of amides is 1. The number of rotatable bonds is 5. The van der Waals surface area contributed by atoms with Crippen LogP contribution >= 0.6 is 0 Å². The standard InChI is InChI=1S/C21H24N2O2/c24-21(23-18-12-16-10-11-17(13-18)22-16)14-25-20-9-5-4-8-19(20)15-6-2-1-3-7-15/h1-9,16-18,22H,10-14H2,(H,23,24). The van der Waals surface area contributed by atoms with Crippen molar-refractivity contribution >= 4 is 5.91 Å². The van der Waals surface area contributed by atoms with Gasteiger partial charge in [-0.05, 0) is 37.3 Å². The molecule has 4 rings (SSSR count). The van der Waals surface area contributed by atoms with E-state index in [1.54, 1.807) is 0 Å². The van der Waals surface area contributed by atoms with E-state index in [4.69, 9.17) is 4.74 Å². The molecule has 4 nitrogen and oxygen atoms in total. The van der Waals surface area contributed by atoms with Crippen molar-refractivity contribution in [3.05, 3.63) is 54.6 Å². The van der Waals surface area contributed by atoms with Gasteiger partial charge in [0.1, 0.15) is 5.75 Å². The molecule has 1 amide bonds. The molecule has 2 heterocycles. The maximum absolute atomic E-state index is 12.3. The molecule has 0 spiro atoms. The summed E-state index contributed by atoms with van der Waals surface area (Å²) in [5, 5.41) is 6.74. The van der Waals surface area contributed by atoms with Gasteiger partial charge in [0.2, 0.25) is 0 Å². The van der Waals surface area contributed by atoms with Crippen LogP contribution in [0.4, 0.5) is 0 Å². The number of nitrogens with one attached hydrogen (secondary N) is 2. The summed E-state index contributed by atoms with van der Waals surface area (Å²) in [5.74, 6) is 0.711. The van der Waals surface area contributed by atoms with Gasteiger partial charge in [0.15, 0.2) is 6.61 Å². The van der Waals surface area contributed by atoms with Crippen LogP contribution in [0.25, 0.3) is 11.1 Å². The second-order valence-corrected chi connectivity index (χ2v) is 7.02. The zero-order chi connectivity index (χ0) is 17.1. The molecule has 2 aliphatic rings. The van der Waals surface area contributed by atoms with Gasteiger partial charge in [0.25, 0.3) is 5.91 Å². The lowest BCUT2D eigenvalue weighted by Gasteiger charge is -2.29. The molecule has 2 fully saturated rings. The largest absolute Gasteiger partial charge is 0.483 e. The molecule has 2 N–H and O–H groups in total. The maximum Gasteiger partial charge on any atom is 0.258 e. The molecule has 0 saturated carbocycles. The van der Waals surface area contributed by atoms with Gasteiger partial charge in [-0.1, -0.05) is 48.5 Å². The number of ether oxygens (including phenoxy) is 1. The van der Waals surface area contributed by atoms with Crippen molar-refractivity contribution in [2.24, 2.45) is 0 Å². The van der Waals surface area contributed by atoms with Crippen molar-refractivity contribution in [3.63, 3.8) is 0 Å². The number of carbonyl (C=O) groups excluding carboxylic acids is 1. The van der Waals surface area contributed by atoms with E-state index in [9.17, 15) is 4.79 Å². The second kappa shape index (κ2) is 7.28. The Balaban J connectivity index is 1.36. The van der Waals surface area contributed by atoms with Gasteiger partial charge in [-0.2, -0.15) is 0 Å². The highest BCUT2D eigenvalue weighted by Crippen LogP contribution is 2.29. The van der Waals surface area contributed by atoms with E-state index in [0.29, 0.717) is 12.1 Å². The van der Waals surface area contributed by atoms with Gasteiger partial charge in [-0.15, -0.1) is 0 Å². The molecular weight excluding hydrogens is 312 g/mol. The summed E-state index contributed by atoms with van der Waals surface area (Å²) in [6, 6.07) is 19.4. The molecule has 2 unspecified atom stereocenters. The van der Waals surface area contributed by atoms with E-state index in [-0.39, 0.29) is 18.6 Å². The molecule has 130 valence electrons. The molecule has 0 aromatic heterocycles. The van der Waals surface area contributed by atoms with Crippen LogP contribution in [0, 0.1) is 0 Å². The fourth-order valence-electron chi connectivity index (χ4n) is 4.04. The van der Waals surface area contributed by atoms with Gasteiger partial charge in [-0.3, -0.25) is 4.79 Å². The van der Waals surface area contributed by atoms with Crippen LogP contribution in [0.15, 0.2) is 54.6 Å². The van der Waals surface area contributed by atoms with Crippen molar-refractivity contribution in [3.8, 4) is 16.9 Å². The van der Waals surface area contributed by atoms with Crippen LogP contribution in [0.1, 0.15) is 25.7 Å². The number of benzene rings is 2. The van der Waals surface area contributed by atoms with Crippen LogP contribution in [-0.4, -0.2) is 30.6 Å². The molecule has 2 aromatic rings. The van der Waals surface area contributed by atoms with Crippen molar-refractivity contribution in [2.75, 3.05) is 6.61 Å². The Morgan fingerprint density at radius 1 is 1.00 bits per heavy atom. The first-order valence-electron chi connectivity index (χ1n) is 9.10. The van der Waals surface area contributed by atoms with Gasteiger partial charge >= 0.3 is 0 Å². The summed E-state index contributed by atoms with van der Waals surface area (Å²) in [5.41, 5.74) is 2.10. The van der Waals surface area contributed by atoms with Crippen molar-refractivity contribution < 1.29 is 9.53 Å². The first-order chi connectivity index (χ1) is 12.3. The number of hydrogen-bond donors (Lipinski definition) is 2. The summed E-state index contributed by atoms with van der Waals surface area (Å²) in [7, 11) is 0. The molecule has 0 aliphatic carbocycles. The number of fused-ring (bicyclic) bond motifs is 2. The summed E-state index contributed by atoms with van der Waals surface area (Å²) < 4.78 is 5.84. The lowest BCUT2D eigenvalue weighted by molar-refractivity contribution is -0.124. The normalized spacial score (nSPS) is 24.7. The van der Waals surface area contributed by atoms with Crippen LogP contribution in [0.2, 0.25) is 0 Å². The molecule has 4 heteroatoms. The Kier molecular flexibility index (Phi) is 4.70. The molecule has 2 aromatic carbocycles. The highest BCUT2D eigenvalue weighted by Gasteiger charge is 2.33. The summed E-state index contributed by atoms with van der Waals surface area (Å²) in [6.07, 6.45) is 4.53. The molecular formula is C21H24N2O2. The van der Waals surface area contributed by atoms with E-state index in [2.05, 4.69) is 10.6 Å². The van der Waals surface area contributed by atoms with E-state index >= 15 is 0 Å². The quantitative estimate of drug-likeness (QED) is 0.882. The van der Waals surface area contributed by atoms with E-state index in [1.807, 2.05) is 54.6 Å². The third-order valence-corrected chi connectivity index (χ3v) is 5.17. The van der Waals surface area contributed by atoms with Gasteiger partial charge in [0, 0.05) is 23.7 Å². The lowest BCUT2D eigenvalue weighted by Crippen LogP contribution is -2.48. The molecule has 0 radical (unpaired) electrons. The Hall–Kier alpha value is -2.33. The average Bonchev–Trinajstić information content (AvgIpc) is 2.99. The molecule has 2 atom stereocenters. The number of hydrogen-bond acceptors (Lipinski definition) is 3. The van der Waals surface area contributed by atoms with Crippen molar-refractivity contribution in [1.29, 1.82) is 0 Å². The third-order valence-electron chi connectivity index (χ3n) is 5.17. The van der Waals surface area contributed by atoms with Gasteiger partial charge in [-0.25, -0.2) is 0 Å². The number of para-hydroxylation sites is 1. The average molecular weight is 336 g/mol. The minimum absolute atomic E-state index is 0.0332. The number of piperidine rings is 1. The smallest absolute Gasteiger partial charge is 0.258 e. The SMILES string of the molecule is O=C(COc1ccccc1-c1ccccc1)NC1CC2CCC(C1)N2. The maximum atomic E-state index is 12.3. The Morgan fingerprint density at radius 3 is 2.44 bits per heavy atom. The highest BCUT2D eigenvalue weighted by molar-refractivity contribution is 5.78. The van der Waals surface area contributed by atoms with Crippen LogP contribution in [0.3, 0.4) is 0 Å². The molecule has 2 aliphatic heterocycles. The summed E-state index contributed by atoms with van der Waals surface area (Å²) in [4.78, 5) is 12.3. The fraction of sp³-hybridized carbons (Fsp3) is 0.381. The summed E-state index contributed by atoms with van der Waals surface area (Å²) in [6.45, 7) is 0.0586. The van der Waals surface area contributed by atoms with E-state index < -0.39 is 0 Å². The molecule has 25 heavy (non-hydrogen) atoms. The molecule has 2 bridgehead atoms. The van der Waals surface area contributed by atoms with E-state index in [0.717, 1.165) is 29.7 Å². The minimum Gasteiger partial charge on any atom is -0.483 e. The van der Waals surface area contributed by atoms with Crippen LogP contribution in [0.5, 0.6) is 5.75 Å². The highest BCUT2D eigenvalue weighted by atomic mass is 16.5. The van der Waals surface area contributed by atoms with Gasteiger partial charge in [0.05, 0.1) is 0 Å². The second-order valence-electron chi connectivity index (χ2n) is 7.02. The Labute approximate surface area is 148 Å². The third kappa shape index (κ3) is 3.85. The predicted octanol–water partition coefficient (Wildman–Crippen LogP) is 3.13. The lowest BCUT2D eigenvalue weighted by atomic mass is 10.00. The number of carbonyl (C=O) groups is 1. The van der Waals surface area contributed by atoms with Crippen molar-refractivity contribution in [2.45, 2.75) is 43.8 Å². The zero-order valence-electron chi connectivity index (χ0n) is 14.3. The van der Waals surface area contributed by atoms with Crippen molar-refractivity contribution in [1.82, 2.24) is 10.6 Å². The summed E-state index contributed by atoms with van der Waals surface area (Å²) >= 11 is 0. The van der Waals surface area contributed by atoms with E-state index in [1.165, 1.54) is 12.8 Å². The first kappa shape index (κ1) is 16.2. The topological polar surface area (TPSA) is 50.4 Å². The molecule has 2 saturated heterocycles. The predicted molar refractivity (Wildman–Crippen MR) is 98.5 cm³/mol. The zero-order valence-corrected chi connectivity index (χ0v) is 14.3. The minimum atomic E-state index is -0.0332. The fourth-order valence-corrected chi connectivity index (χ4v) is 4.04. The Bertz CT molecular complexity index is 720. The van der Waals surface area contributed by atoms with Crippen LogP contribution in [-0.2, 0) is 4.79 Å². The monoisotopic (exact) mass is 336 g/mol.